The maximum Gasteiger partial charge on any atom is 0.340 e. The zero-order valence-corrected chi connectivity index (χ0v) is 18.6. The molecule has 168 valence electrons. The first-order valence-corrected chi connectivity index (χ1v) is 11.6. The van der Waals surface area contributed by atoms with Gasteiger partial charge in [-0.05, 0) is 30.3 Å². The van der Waals surface area contributed by atoms with Crippen molar-refractivity contribution < 1.29 is 27.4 Å². The molecule has 1 aliphatic rings. The summed E-state index contributed by atoms with van der Waals surface area (Å²) in [5.41, 5.74) is 0.875. The summed E-state index contributed by atoms with van der Waals surface area (Å²) < 4.78 is 42.7. The van der Waals surface area contributed by atoms with E-state index in [-0.39, 0.29) is 17.1 Å². The Labute approximate surface area is 183 Å². The Morgan fingerprint density at radius 3 is 2.45 bits per heavy atom. The summed E-state index contributed by atoms with van der Waals surface area (Å²) in [6.45, 7) is 2.89. The van der Waals surface area contributed by atoms with E-state index in [0.717, 1.165) is 10.1 Å². The van der Waals surface area contributed by atoms with Gasteiger partial charge in [0.05, 0.1) is 42.6 Å². The quantitative estimate of drug-likeness (QED) is 0.430. The molecule has 0 N–H and O–H groups in total. The zero-order chi connectivity index (χ0) is 22.3. The molecular weight excluding hydrogens is 420 g/mol. The van der Waals surface area contributed by atoms with Crippen LogP contribution in [0.15, 0.2) is 53.4 Å². The minimum atomic E-state index is -3.68. The molecular formula is C22H28N2O6S. The molecule has 0 radical (unpaired) electrons. The van der Waals surface area contributed by atoms with Gasteiger partial charge in [-0.3, -0.25) is 0 Å². The predicted octanol–water partition coefficient (Wildman–Crippen LogP) is 2.40. The third-order valence-corrected chi connectivity index (χ3v) is 6.66. The molecule has 31 heavy (non-hydrogen) atoms. The molecule has 0 bridgehead atoms. The zero-order valence-electron chi connectivity index (χ0n) is 17.8. The van der Waals surface area contributed by atoms with Gasteiger partial charge in [0, 0.05) is 33.6 Å². The molecule has 0 aliphatic carbocycles. The number of rotatable bonds is 9. The standard InChI is InChI=1S/C22H28N2O6S/c1-23(2)31(26,27)19-9-10-21(24-11-15-28-16-12-24)20(17-19)22(25)30-14-6-13-29-18-7-4-3-5-8-18/h3-5,7-10,17H,6,11-16H2,1-2H3. The lowest BCUT2D eigenvalue weighted by molar-refractivity contribution is 0.0485. The number of benzene rings is 2. The monoisotopic (exact) mass is 448 g/mol. The summed E-state index contributed by atoms with van der Waals surface area (Å²) in [6, 6.07) is 14.0. The molecule has 1 fully saturated rings. The molecule has 9 heteroatoms. The van der Waals surface area contributed by atoms with Gasteiger partial charge in [0.25, 0.3) is 0 Å². The van der Waals surface area contributed by atoms with Gasteiger partial charge in [-0.25, -0.2) is 17.5 Å². The number of carbonyl (C=O) groups excluding carboxylic acids is 1. The molecule has 2 aromatic rings. The fourth-order valence-electron chi connectivity index (χ4n) is 3.14. The number of anilines is 1. The van der Waals surface area contributed by atoms with Gasteiger partial charge in [-0.2, -0.15) is 0 Å². The Morgan fingerprint density at radius 1 is 1.06 bits per heavy atom. The molecule has 0 spiro atoms. The first-order chi connectivity index (χ1) is 14.9. The fourth-order valence-corrected chi connectivity index (χ4v) is 4.07. The summed E-state index contributed by atoms with van der Waals surface area (Å²) in [5, 5.41) is 0. The van der Waals surface area contributed by atoms with Gasteiger partial charge in [-0.15, -0.1) is 0 Å². The molecule has 2 aromatic carbocycles. The lowest BCUT2D eigenvalue weighted by atomic mass is 10.1. The van der Waals surface area contributed by atoms with Crippen molar-refractivity contribution >= 4 is 21.7 Å². The maximum atomic E-state index is 12.9. The van der Waals surface area contributed by atoms with Gasteiger partial charge in [0.1, 0.15) is 5.75 Å². The molecule has 0 aromatic heterocycles. The highest BCUT2D eigenvalue weighted by Crippen LogP contribution is 2.27. The van der Waals surface area contributed by atoms with E-state index in [1.54, 1.807) is 6.07 Å². The summed E-state index contributed by atoms with van der Waals surface area (Å²) in [6.07, 6.45) is 0.517. The van der Waals surface area contributed by atoms with Crippen LogP contribution in [0.1, 0.15) is 16.8 Å². The second-order valence-electron chi connectivity index (χ2n) is 7.22. The Kier molecular flexibility index (Phi) is 7.89. The number of ether oxygens (including phenoxy) is 3. The van der Waals surface area contributed by atoms with Crippen molar-refractivity contribution in [2.75, 3.05) is 58.5 Å². The van der Waals surface area contributed by atoms with Crippen LogP contribution in [0.25, 0.3) is 0 Å². The first kappa shape index (κ1) is 23.1. The number of carbonyl (C=O) groups is 1. The van der Waals surface area contributed by atoms with Crippen LogP contribution in [-0.2, 0) is 19.5 Å². The van der Waals surface area contributed by atoms with E-state index in [9.17, 15) is 13.2 Å². The maximum absolute atomic E-state index is 12.9. The van der Waals surface area contributed by atoms with Crippen molar-refractivity contribution in [2.45, 2.75) is 11.3 Å². The summed E-state index contributed by atoms with van der Waals surface area (Å²) in [7, 11) is -0.769. The molecule has 0 saturated carbocycles. The highest BCUT2D eigenvalue weighted by Gasteiger charge is 2.25. The van der Waals surface area contributed by atoms with Crippen LogP contribution in [0, 0.1) is 0 Å². The van der Waals surface area contributed by atoms with Crippen LogP contribution in [0.2, 0.25) is 0 Å². The molecule has 1 heterocycles. The number of para-hydroxylation sites is 1. The highest BCUT2D eigenvalue weighted by molar-refractivity contribution is 7.89. The third kappa shape index (κ3) is 5.96. The van der Waals surface area contributed by atoms with E-state index in [1.807, 2.05) is 35.2 Å². The lowest BCUT2D eigenvalue weighted by Crippen LogP contribution is -2.37. The molecule has 1 aliphatic heterocycles. The SMILES string of the molecule is CN(C)S(=O)(=O)c1ccc(N2CCOCC2)c(C(=O)OCCCOc2ccccc2)c1. The van der Waals surface area contributed by atoms with Crippen LogP contribution in [0.5, 0.6) is 5.75 Å². The highest BCUT2D eigenvalue weighted by atomic mass is 32.2. The van der Waals surface area contributed by atoms with E-state index in [4.69, 9.17) is 14.2 Å². The van der Waals surface area contributed by atoms with E-state index < -0.39 is 16.0 Å². The van der Waals surface area contributed by atoms with Crippen molar-refractivity contribution in [3.8, 4) is 5.75 Å². The fraction of sp³-hybridized carbons (Fsp3) is 0.409. The molecule has 3 rings (SSSR count). The van der Waals surface area contributed by atoms with E-state index in [2.05, 4.69) is 0 Å². The normalized spacial score (nSPS) is 14.5. The van der Waals surface area contributed by atoms with Gasteiger partial charge >= 0.3 is 5.97 Å². The Hall–Kier alpha value is -2.62. The number of hydrogen-bond acceptors (Lipinski definition) is 7. The third-order valence-electron chi connectivity index (χ3n) is 4.85. The second kappa shape index (κ2) is 10.6. The van der Waals surface area contributed by atoms with Crippen LogP contribution >= 0.6 is 0 Å². The number of sulfonamides is 1. The van der Waals surface area contributed by atoms with Crippen molar-refractivity contribution in [1.82, 2.24) is 4.31 Å². The average molecular weight is 449 g/mol. The number of esters is 1. The molecule has 1 saturated heterocycles. The first-order valence-electron chi connectivity index (χ1n) is 10.1. The predicted molar refractivity (Wildman–Crippen MR) is 117 cm³/mol. The van der Waals surface area contributed by atoms with E-state index in [0.29, 0.717) is 45.0 Å². The van der Waals surface area contributed by atoms with E-state index >= 15 is 0 Å². The Balaban J connectivity index is 1.70. The molecule has 8 nitrogen and oxygen atoms in total. The van der Waals surface area contributed by atoms with Crippen LogP contribution in [0.3, 0.4) is 0 Å². The van der Waals surface area contributed by atoms with Gasteiger partial charge < -0.3 is 19.1 Å². The Bertz CT molecular complexity index is 973. The number of hydrogen-bond donors (Lipinski definition) is 0. The van der Waals surface area contributed by atoms with Gasteiger partial charge in [0.15, 0.2) is 0 Å². The van der Waals surface area contributed by atoms with Crippen LogP contribution < -0.4 is 9.64 Å². The Morgan fingerprint density at radius 2 is 1.77 bits per heavy atom. The second-order valence-corrected chi connectivity index (χ2v) is 9.37. The van der Waals surface area contributed by atoms with Gasteiger partial charge in [-0.1, -0.05) is 18.2 Å². The smallest absolute Gasteiger partial charge is 0.340 e. The number of nitrogens with zero attached hydrogens (tertiary/aromatic N) is 2. The van der Waals surface area contributed by atoms with Gasteiger partial charge in [0.2, 0.25) is 10.0 Å². The van der Waals surface area contributed by atoms with Crippen LogP contribution in [-0.4, -0.2) is 72.3 Å². The minimum Gasteiger partial charge on any atom is -0.493 e. The molecule has 0 atom stereocenters. The van der Waals surface area contributed by atoms with Crippen molar-refractivity contribution in [1.29, 1.82) is 0 Å². The van der Waals surface area contributed by atoms with Crippen molar-refractivity contribution in [2.24, 2.45) is 0 Å². The topological polar surface area (TPSA) is 85.4 Å². The number of morpholine rings is 1. The average Bonchev–Trinajstić information content (AvgIpc) is 2.79. The van der Waals surface area contributed by atoms with Crippen LogP contribution in [0.4, 0.5) is 5.69 Å². The lowest BCUT2D eigenvalue weighted by Gasteiger charge is -2.30. The largest absolute Gasteiger partial charge is 0.493 e. The summed E-state index contributed by atoms with van der Waals surface area (Å²) in [5.74, 6) is 0.196. The van der Waals surface area contributed by atoms with Crippen molar-refractivity contribution in [3.05, 3.63) is 54.1 Å². The minimum absolute atomic E-state index is 0.0499. The summed E-state index contributed by atoms with van der Waals surface area (Å²) >= 11 is 0. The van der Waals surface area contributed by atoms with E-state index in [1.165, 1.54) is 26.2 Å². The van der Waals surface area contributed by atoms with Crippen molar-refractivity contribution in [3.63, 3.8) is 0 Å². The molecule has 0 unspecified atom stereocenters. The summed E-state index contributed by atoms with van der Waals surface area (Å²) in [4.78, 5) is 14.9. The molecule has 0 amide bonds.